The SMILES string of the molecule is C/C1=C(/n2nc(NN)nc2N)N=NC(Nc2n[nH]c(NN)n2)=NCC1. The molecule has 0 aliphatic carbocycles. The molecule has 0 spiro atoms. The Labute approximate surface area is 140 Å². The summed E-state index contributed by atoms with van der Waals surface area (Å²) in [6, 6.07) is 0. The van der Waals surface area contributed by atoms with Crippen LogP contribution in [0.1, 0.15) is 13.3 Å². The zero-order chi connectivity index (χ0) is 17.8. The zero-order valence-electron chi connectivity index (χ0n) is 13.2. The Kier molecular flexibility index (Phi) is 4.48. The van der Waals surface area contributed by atoms with E-state index in [4.69, 9.17) is 17.4 Å². The van der Waals surface area contributed by atoms with Crippen molar-refractivity contribution in [3.63, 3.8) is 0 Å². The lowest BCUT2D eigenvalue weighted by molar-refractivity contribution is 0.839. The molecule has 25 heavy (non-hydrogen) atoms. The van der Waals surface area contributed by atoms with Crippen molar-refractivity contribution >= 4 is 35.6 Å². The predicted octanol–water partition coefficient (Wildman–Crippen LogP) is -0.938. The number of aliphatic imine (C=N–C) groups is 1. The Morgan fingerprint density at radius 2 is 1.96 bits per heavy atom. The van der Waals surface area contributed by atoms with Gasteiger partial charge in [0.1, 0.15) is 0 Å². The quantitative estimate of drug-likeness (QED) is 0.265. The Bertz CT molecular complexity index is 838. The minimum Gasteiger partial charge on any atom is -0.368 e. The van der Waals surface area contributed by atoms with E-state index in [9.17, 15) is 0 Å². The first-order valence-corrected chi connectivity index (χ1v) is 7.12. The summed E-state index contributed by atoms with van der Waals surface area (Å²) in [5, 5.41) is 21.7. The number of azo groups is 1. The molecule has 0 fully saturated rings. The number of rotatable bonds is 4. The maximum absolute atomic E-state index is 5.85. The Hall–Kier alpha value is -3.59. The predicted molar refractivity (Wildman–Crippen MR) is 90.7 cm³/mol. The first-order chi connectivity index (χ1) is 12.1. The number of guanidine groups is 1. The summed E-state index contributed by atoms with van der Waals surface area (Å²) < 4.78 is 1.35. The summed E-state index contributed by atoms with van der Waals surface area (Å²) in [5.74, 6) is 12.0. The maximum Gasteiger partial charge on any atom is 0.258 e. The van der Waals surface area contributed by atoms with Gasteiger partial charge in [-0.3, -0.25) is 16.2 Å². The van der Waals surface area contributed by atoms with E-state index in [2.05, 4.69) is 56.7 Å². The molecule has 2 aromatic heterocycles. The third-order valence-corrected chi connectivity index (χ3v) is 3.18. The first-order valence-electron chi connectivity index (χ1n) is 7.12. The molecule has 0 bridgehead atoms. The minimum atomic E-state index is 0.126. The number of nitrogens with one attached hydrogen (secondary N) is 4. The van der Waals surface area contributed by atoms with Gasteiger partial charge in [-0.15, -0.1) is 20.4 Å². The van der Waals surface area contributed by atoms with Crippen LogP contribution in [0.3, 0.4) is 0 Å². The van der Waals surface area contributed by atoms with Gasteiger partial charge in [0.15, 0.2) is 5.82 Å². The molecule has 15 heteroatoms. The van der Waals surface area contributed by atoms with Crippen LogP contribution in [0.5, 0.6) is 0 Å². The molecule has 3 rings (SSSR count). The summed E-state index contributed by atoms with van der Waals surface area (Å²) in [6.07, 6.45) is 0.619. The van der Waals surface area contributed by atoms with Gasteiger partial charge in [-0.25, -0.2) is 21.8 Å². The number of H-pyrrole nitrogens is 1. The highest BCUT2D eigenvalue weighted by Crippen LogP contribution is 2.21. The largest absolute Gasteiger partial charge is 0.368 e. The molecule has 1 aliphatic rings. The molecule has 3 heterocycles. The van der Waals surface area contributed by atoms with Crippen LogP contribution >= 0.6 is 0 Å². The van der Waals surface area contributed by atoms with Crippen molar-refractivity contribution in [2.24, 2.45) is 26.9 Å². The van der Waals surface area contributed by atoms with Gasteiger partial charge in [0, 0.05) is 6.54 Å². The smallest absolute Gasteiger partial charge is 0.258 e. The van der Waals surface area contributed by atoms with Crippen molar-refractivity contribution in [3.8, 4) is 0 Å². The van der Waals surface area contributed by atoms with E-state index in [-0.39, 0.29) is 23.8 Å². The van der Waals surface area contributed by atoms with Crippen LogP contribution < -0.4 is 33.6 Å². The molecule has 1 aliphatic heterocycles. The molecule has 0 atom stereocenters. The van der Waals surface area contributed by atoms with Crippen molar-refractivity contribution in [3.05, 3.63) is 5.57 Å². The standard InChI is InChI=1S/C10H17N15/c1-4-2-3-14-7(16-8-17-9(18-12)23-22-8)21-20-5(4)25-6(11)15-10(19-13)24-25/h2-3,12-13H2,1H3,(H3,11,15,19,24)(H3,14,16,17,18,22,23)/b5-4-,21-20?. The number of nitrogens with zero attached hydrogens (tertiary/aromatic N) is 8. The highest BCUT2D eigenvalue weighted by molar-refractivity contribution is 5.92. The number of hydrogen-bond acceptors (Lipinski definition) is 13. The average Bonchev–Trinajstić information content (AvgIpc) is 3.19. The zero-order valence-corrected chi connectivity index (χ0v) is 13.2. The van der Waals surface area contributed by atoms with E-state index in [1.165, 1.54) is 4.68 Å². The Balaban J connectivity index is 1.85. The fourth-order valence-corrected chi connectivity index (χ4v) is 1.96. The Morgan fingerprint density at radius 3 is 2.64 bits per heavy atom. The van der Waals surface area contributed by atoms with Gasteiger partial charge in [0.2, 0.25) is 17.9 Å². The van der Waals surface area contributed by atoms with Crippen LogP contribution in [0, 0.1) is 0 Å². The number of hydrogen-bond donors (Lipinski definition) is 7. The van der Waals surface area contributed by atoms with Crippen LogP contribution in [-0.2, 0) is 0 Å². The van der Waals surface area contributed by atoms with Gasteiger partial charge in [0.05, 0.1) is 0 Å². The maximum atomic E-state index is 5.85. The van der Waals surface area contributed by atoms with Gasteiger partial charge in [-0.1, -0.05) is 0 Å². The molecule has 0 aromatic carbocycles. The van der Waals surface area contributed by atoms with Gasteiger partial charge >= 0.3 is 0 Å². The van der Waals surface area contributed by atoms with Crippen LogP contribution in [0.4, 0.5) is 23.8 Å². The molecular weight excluding hydrogens is 330 g/mol. The van der Waals surface area contributed by atoms with Crippen LogP contribution in [0.15, 0.2) is 20.8 Å². The monoisotopic (exact) mass is 347 g/mol. The molecular formula is C10H17N15. The van der Waals surface area contributed by atoms with Gasteiger partial charge in [0.25, 0.3) is 11.9 Å². The average molecular weight is 347 g/mol. The van der Waals surface area contributed by atoms with E-state index in [0.717, 1.165) is 5.57 Å². The minimum absolute atomic E-state index is 0.126. The third-order valence-electron chi connectivity index (χ3n) is 3.18. The van der Waals surface area contributed by atoms with Gasteiger partial charge in [-0.05, 0) is 18.9 Å². The second kappa shape index (κ2) is 6.89. The normalized spacial score (nSPS) is 17.6. The lowest BCUT2D eigenvalue weighted by Gasteiger charge is -2.10. The summed E-state index contributed by atoms with van der Waals surface area (Å²) in [6.45, 7) is 2.35. The third kappa shape index (κ3) is 3.51. The highest BCUT2D eigenvalue weighted by atomic mass is 15.5. The second-order valence-electron chi connectivity index (χ2n) is 4.89. The molecule has 0 saturated carbocycles. The van der Waals surface area contributed by atoms with Crippen LogP contribution in [0.2, 0.25) is 0 Å². The van der Waals surface area contributed by atoms with E-state index in [0.29, 0.717) is 24.7 Å². The van der Waals surface area contributed by atoms with Crippen molar-refractivity contribution in [2.75, 3.05) is 28.4 Å². The highest BCUT2D eigenvalue weighted by Gasteiger charge is 2.15. The summed E-state index contributed by atoms with van der Waals surface area (Å²) in [4.78, 5) is 12.3. The molecule has 15 nitrogen and oxygen atoms in total. The molecule has 10 N–H and O–H groups in total. The van der Waals surface area contributed by atoms with E-state index in [1.807, 2.05) is 6.92 Å². The number of nitrogen functional groups attached to an aromatic ring is 3. The van der Waals surface area contributed by atoms with Crippen molar-refractivity contribution in [2.45, 2.75) is 13.3 Å². The molecule has 0 radical (unpaired) electrons. The molecule has 2 aromatic rings. The summed E-state index contributed by atoms with van der Waals surface area (Å²) >= 11 is 0. The van der Waals surface area contributed by atoms with Gasteiger partial charge in [-0.2, -0.15) is 14.6 Å². The Morgan fingerprint density at radius 1 is 1.12 bits per heavy atom. The lowest BCUT2D eigenvalue weighted by atomic mass is 10.2. The fraction of sp³-hybridized carbons (Fsp3) is 0.300. The second-order valence-corrected chi connectivity index (χ2v) is 4.89. The van der Waals surface area contributed by atoms with Crippen LogP contribution in [0.25, 0.3) is 5.82 Å². The fourth-order valence-electron chi connectivity index (χ4n) is 1.96. The summed E-state index contributed by atoms with van der Waals surface area (Å²) in [5.41, 5.74) is 11.4. The molecule has 0 unspecified atom stereocenters. The van der Waals surface area contributed by atoms with Crippen molar-refractivity contribution in [1.29, 1.82) is 0 Å². The number of aromatic amines is 1. The molecule has 132 valence electrons. The van der Waals surface area contributed by atoms with Crippen LogP contribution in [-0.4, -0.2) is 42.5 Å². The number of aromatic nitrogens is 6. The van der Waals surface area contributed by atoms with E-state index >= 15 is 0 Å². The number of anilines is 4. The van der Waals surface area contributed by atoms with Crippen molar-refractivity contribution < 1.29 is 0 Å². The lowest BCUT2D eigenvalue weighted by Crippen LogP contribution is -2.14. The first kappa shape index (κ1) is 16.3. The number of hydrazine groups is 2. The van der Waals surface area contributed by atoms with Crippen molar-refractivity contribution in [1.82, 2.24) is 29.9 Å². The number of nitrogens with two attached hydrogens (primary N) is 3. The topological polar surface area (TPSA) is 224 Å². The molecule has 0 amide bonds. The van der Waals surface area contributed by atoms with Gasteiger partial charge < -0.3 is 5.73 Å². The summed E-state index contributed by atoms with van der Waals surface area (Å²) in [7, 11) is 0. The van der Waals surface area contributed by atoms with E-state index in [1.54, 1.807) is 0 Å². The van der Waals surface area contributed by atoms with E-state index < -0.39 is 0 Å². The molecule has 0 saturated heterocycles.